The minimum Gasteiger partial charge on any atom is -0.338 e. The highest BCUT2D eigenvalue weighted by Crippen LogP contribution is 2.23. The van der Waals surface area contributed by atoms with Crippen LogP contribution in [0.4, 0.5) is 0 Å². The number of carbonyl (C=O) groups excluding carboxylic acids is 1. The molecule has 4 aromatic rings. The molecule has 0 saturated carbocycles. The van der Waals surface area contributed by atoms with Gasteiger partial charge in [-0.1, -0.05) is 39.3 Å². The molecule has 158 valence electrons. The summed E-state index contributed by atoms with van der Waals surface area (Å²) in [5, 5.41) is 13.2. The normalized spacial score (nSPS) is 14.8. The standard InChI is InChI=1S/C21H19BrN6O2S/c22-15-5-3-14(4-6-15)16-12-17(25-24-16)21(29)28-9-7-27(8-10-28)13-19-23-20(26-30-19)18-2-1-11-31-18/h1-6,11-12H,7-10,13H2,(H,24,25). The first-order valence-electron chi connectivity index (χ1n) is 9.85. The Labute approximate surface area is 191 Å². The number of thiophene rings is 1. The number of hydrogen-bond acceptors (Lipinski definition) is 7. The molecule has 5 rings (SSSR count). The van der Waals surface area contributed by atoms with Crippen LogP contribution in [0.3, 0.4) is 0 Å². The molecule has 1 saturated heterocycles. The number of nitrogens with zero attached hydrogens (tertiary/aromatic N) is 5. The van der Waals surface area contributed by atoms with E-state index < -0.39 is 0 Å². The fourth-order valence-electron chi connectivity index (χ4n) is 3.50. The summed E-state index contributed by atoms with van der Waals surface area (Å²) in [7, 11) is 0. The van der Waals surface area contributed by atoms with Crippen molar-refractivity contribution in [2.45, 2.75) is 6.54 Å². The number of rotatable bonds is 5. The molecule has 0 bridgehead atoms. The zero-order valence-electron chi connectivity index (χ0n) is 16.5. The second-order valence-electron chi connectivity index (χ2n) is 7.23. The highest BCUT2D eigenvalue weighted by molar-refractivity contribution is 9.10. The van der Waals surface area contributed by atoms with Gasteiger partial charge in [0.05, 0.1) is 17.1 Å². The maximum atomic E-state index is 12.9. The van der Waals surface area contributed by atoms with Crippen LogP contribution in [0.1, 0.15) is 16.4 Å². The van der Waals surface area contributed by atoms with Crippen molar-refractivity contribution < 1.29 is 9.32 Å². The molecule has 4 heterocycles. The minimum absolute atomic E-state index is 0.0340. The molecular formula is C21H19BrN6O2S. The molecule has 31 heavy (non-hydrogen) atoms. The first kappa shape index (κ1) is 20.1. The number of aromatic amines is 1. The van der Waals surface area contributed by atoms with Crippen LogP contribution in [-0.4, -0.2) is 62.2 Å². The SMILES string of the molecule is O=C(c1cc(-c2ccc(Br)cc2)n[nH]1)N1CCN(Cc2nc(-c3cccs3)no2)CC1. The van der Waals surface area contributed by atoms with Crippen LogP contribution in [0.5, 0.6) is 0 Å². The average Bonchev–Trinajstić information content (AvgIpc) is 3.56. The van der Waals surface area contributed by atoms with Crippen molar-refractivity contribution in [1.29, 1.82) is 0 Å². The van der Waals surface area contributed by atoms with Gasteiger partial charge in [-0.3, -0.25) is 14.8 Å². The van der Waals surface area contributed by atoms with Crippen LogP contribution >= 0.6 is 27.3 Å². The van der Waals surface area contributed by atoms with E-state index in [1.807, 2.05) is 52.7 Å². The number of H-pyrrole nitrogens is 1. The van der Waals surface area contributed by atoms with Gasteiger partial charge in [0.2, 0.25) is 11.7 Å². The second-order valence-corrected chi connectivity index (χ2v) is 9.09. The van der Waals surface area contributed by atoms with Gasteiger partial charge < -0.3 is 9.42 Å². The molecule has 0 radical (unpaired) electrons. The Bertz CT molecular complexity index is 1160. The Hall–Kier alpha value is -2.82. The highest BCUT2D eigenvalue weighted by Gasteiger charge is 2.25. The number of aromatic nitrogens is 4. The smallest absolute Gasteiger partial charge is 0.271 e. The maximum absolute atomic E-state index is 12.9. The average molecular weight is 499 g/mol. The Morgan fingerprint density at radius 1 is 1.16 bits per heavy atom. The highest BCUT2D eigenvalue weighted by atomic mass is 79.9. The van der Waals surface area contributed by atoms with E-state index in [-0.39, 0.29) is 5.91 Å². The summed E-state index contributed by atoms with van der Waals surface area (Å²) in [4.78, 5) is 22.4. The van der Waals surface area contributed by atoms with Crippen LogP contribution in [0.25, 0.3) is 22.0 Å². The van der Waals surface area contributed by atoms with Crippen molar-refractivity contribution in [3.63, 3.8) is 0 Å². The van der Waals surface area contributed by atoms with Gasteiger partial charge in [0, 0.05) is 36.2 Å². The summed E-state index contributed by atoms with van der Waals surface area (Å²) in [5.41, 5.74) is 2.22. The molecule has 0 aliphatic carbocycles. The summed E-state index contributed by atoms with van der Waals surface area (Å²) in [6, 6.07) is 13.6. The monoisotopic (exact) mass is 498 g/mol. The quantitative estimate of drug-likeness (QED) is 0.448. The lowest BCUT2D eigenvalue weighted by molar-refractivity contribution is 0.0609. The van der Waals surface area contributed by atoms with Crippen molar-refractivity contribution in [2.75, 3.05) is 26.2 Å². The van der Waals surface area contributed by atoms with Crippen LogP contribution < -0.4 is 0 Å². The first-order valence-corrected chi connectivity index (χ1v) is 11.5. The number of nitrogens with one attached hydrogen (secondary N) is 1. The largest absolute Gasteiger partial charge is 0.338 e. The lowest BCUT2D eigenvalue weighted by atomic mass is 10.1. The number of halogens is 1. The topological polar surface area (TPSA) is 91.2 Å². The molecule has 0 atom stereocenters. The molecule has 1 N–H and O–H groups in total. The van der Waals surface area contributed by atoms with E-state index in [2.05, 4.69) is 41.2 Å². The molecule has 8 nitrogen and oxygen atoms in total. The lowest BCUT2D eigenvalue weighted by Crippen LogP contribution is -2.48. The third kappa shape index (κ3) is 4.46. The van der Waals surface area contributed by atoms with Gasteiger partial charge in [0.25, 0.3) is 5.91 Å². The zero-order valence-corrected chi connectivity index (χ0v) is 18.9. The van der Waals surface area contributed by atoms with E-state index in [1.165, 1.54) is 0 Å². The van der Waals surface area contributed by atoms with Crippen LogP contribution in [0.2, 0.25) is 0 Å². The molecule has 1 aliphatic rings. The van der Waals surface area contributed by atoms with E-state index in [9.17, 15) is 4.79 Å². The Kier molecular flexibility index (Phi) is 5.66. The summed E-state index contributed by atoms with van der Waals surface area (Å²) >= 11 is 5.01. The third-order valence-corrected chi connectivity index (χ3v) is 6.57. The molecule has 3 aromatic heterocycles. The van der Waals surface area contributed by atoms with Crippen LogP contribution in [0.15, 0.2) is 56.8 Å². The van der Waals surface area contributed by atoms with Crippen LogP contribution in [0, 0.1) is 0 Å². The fourth-order valence-corrected chi connectivity index (χ4v) is 4.41. The van der Waals surface area contributed by atoms with Gasteiger partial charge in [-0.05, 0) is 29.6 Å². The molecule has 1 amide bonds. The van der Waals surface area contributed by atoms with Crippen molar-refractivity contribution in [3.8, 4) is 22.0 Å². The second kappa shape index (κ2) is 8.74. The van der Waals surface area contributed by atoms with E-state index >= 15 is 0 Å². The van der Waals surface area contributed by atoms with E-state index in [4.69, 9.17) is 4.52 Å². The van der Waals surface area contributed by atoms with Gasteiger partial charge in [0.15, 0.2) is 0 Å². The minimum atomic E-state index is -0.0340. The van der Waals surface area contributed by atoms with Crippen molar-refractivity contribution in [2.24, 2.45) is 0 Å². The maximum Gasteiger partial charge on any atom is 0.271 e. The van der Waals surface area contributed by atoms with Gasteiger partial charge in [0.1, 0.15) is 5.69 Å². The summed E-state index contributed by atoms with van der Waals surface area (Å²) in [5.74, 6) is 1.18. The van der Waals surface area contributed by atoms with Crippen LogP contribution in [-0.2, 0) is 6.54 Å². The molecule has 1 fully saturated rings. The molecular weight excluding hydrogens is 480 g/mol. The number of carbonyl (C=O) groups is 1. The molecule has 1 aliphatic heterocycles. The summed E-state index contributed by atoms with van der Waals surface area (Å²) in [6.45, 7) is 3.35. The number of benzene rings is 1. The Morgan fingerprint density at radius 3 is 2.71 bits per heavy atom. The Morgan fingerprint density at radius 2 is 1.97 bits per heavy atom. The first-order chi connectivity index (χ1) is 15.2. The summed E-state index contributed by atoms with van der Waals surface area (Å²) < 4.78 is 6.40. The molecule has 0 unspecified atom stereocenters. The van der Waals surface area contributed by atoms with Gasteiger partial charge >= 0.3 is 0 Å². The van der Waals surface area contributed by atoms with E-state index in [1.54, 1.807) is 11.3 Å². The number of piperazine rings is 1. The van der Waals surface area contributed by atoms with Gasteiger partial charge in [-0.2, -0.15) is 10.1 Å². The summed E-state index contributed by atoms with van der Waals surface area (Å²) in [6.07, 6.45) is 0. The van der Waals surface area contributed by atoms with E-state index in [0.717, 1.165) is 33.7 Å². The van der Waals surface area contributed by atoms with Crippen molar-refractivity contribution in [1.82, 2.24) is 30.1 Å². The molecule has 1 aromatic carbocycles. The molecule has 10 heteroatoms. The lowest BCUT2D eigenvalue weighted by Gasteiger charge is -2.33. The fraction of sp³-hybridized carbons (Fsp3) is 0.238. The van der Waals surface area contributed by atoms with E-state index in [0.29, 0.717) is 37.0 Å². The van der Waals surface area contributed by atoms with Gasteiger partial charge in [-0.25, -0.2) is 0 Å². The van der Waals surface area contributed by atoms with Crippen molar-refractivity contribution in [3.05, 3.63) is 63.9 Å². The molecule has 0 spiro atoms. The van der Waals surface area contributed by atoms with Crippen molar-refractivity contribution >= 4 is 33.2 Å². The zero-order chi connectivity index (χ0) is 21.2. The number of amides is 1. The number of hydrogen-bond donors (Lipinski definition) is 1. The Balaban J connectivity index is 1.17. The van der Waals surface area contributed by atoms with Gasteiger partial charge in [-0.15, -0.1) is 11.3 Å². The third-order valence-electron chi connectivity index (χ3n) is 5.18. The predicted octanol–water partition coefficient (Wildman–Crippen LogP) is 3.91. The predicted molar refractivity (Wildman–Crippen MR) is 121 cm³/mol.